The molecular weight excluding hydrogens is 216 g/mol. The van der Waals surface area contributed by atoms with E-state index in [1.807, 2.05) is 27.7 Å². The largest absolute Gasteiger partial charge is 0.342 e. The van der Waals surface area contributed by atoms with Gasteiger partial charge in [-0.2, -0.15) is 0 Å². The van der Waals surface area contributed by atoms with Crippen LogP contribution in [0.4, 0.5) is 0 Å². The van der Waals surface area contributed by atoms with E-state index in [-0.39, 0.29) is 23.8 Å². The lowest BCUT2D eigenvalue weighted by Gasteiger charge is -2.46. The number of nitrogens with one attached hydrogen (secondary N) is 1. The van der Waals surface area contributed by atoms with Crippen molar-refractivity contribution in [1.29, 1.82) is 0 Å². The minimum Gasteiger partial charge on any atom is -0.342 e. The lowest BCUT2D eigenvalue weighted by Crippen LogP contribution is -2.70. The highest BCUT2D eigenvalue weighted by molar-refractivity contribution is 5.99. The molecule has 1 rings (SSSR count). The summed E-state index contributed by atoms with van der Waals surface area (Å²) in [6, 6.07) is -0.358. The zero-order chi connectivity index (χ0) is 13.2. The van der Waals surface area contributed by atoms with Gasteiger partial charge in [-0.15, -0.1) is 0 Å². The van der Waals surface area contributed by atoms with Gasteiger partial charge in [0.2, 0.25) is 11.8 Å². The molecule has 1 N–H and O–H groups in total. The average molecular weight is 240 g/mol. The Bertz CT molecular complexity index is 311. The quantitative estimate of drug-likeness (QED) is 0.810. The molecule has 2 atom stereocenters. The van der Waals surface area contributed by atoms with Gasteiger partial charge in [-0.3, -0.25) is 9.59 Å². The monoisotopic (exact) mass is 240 g/mol. The van der Waals surface area contributed by atoms with Crippen LogP contribution in [0.5, 0.6) is 0 Å². The molecule has 2 amide bonds. The molecule has 98 valence electrons. The van der Waals surface area contributed by atoms with E-state index in [2.05, 4.69) is 5.32 Å². The number of hydrogen-bond acceptors (Lipinski definition) is 2. The zero-order valence-electron chi connectivity index (χ0n) is 11.5. The molecule has 0 bridgehead atoms. The fraction of sp³-hybridized carbons (Fsp3) is 0.846. The molecule has 17 heavy (non-hydrogen) atoms. The molecule has 0 aromatic rings. The predicted molar refractivity (Wildman–Crippen MR) is 67.5 cm³/mol. The maximum Gasteiger partial charge on any atom is 0.246 e. The van der Waals surface area contributed by atoms with Crippen molar-refractivity contribution in [1.82, 2.24) is 10.2 Å². The number of piperazine rings is 1. The van der Waals surface area contributed by atoms with Crippen molar-refractivity contribution in [3.05, 3.63) is 0 Å². The van der Waals surface area contributed by atoms with Gasteiger partial charge < -0.3 is 10.2 Å². The van der Waals surface area contributed by atoms with E-state index < -0.39 is 5.54 Å². The first-order chi connectivity index (χ1) is 7.94. The van der Waals surface area contributed by atoms with E-state index in [0.717, 1.165) is 6.42 Å². The lowest BCUT2D eigenvalue weighted by molar-refractivity contribution is -0.157. The Morgan fingerprint density at radius 1 is 1.29 bits per heavy atom. The molecule has 0 radical (unpaired) electrons. The van der Waals surface area contributed by atoms with Gasteiger partial charge in [-0.25, -0.2) is 0 Å². The molecule has 1 aliphatic heterocycles. The van der Waals surface area contributed by atoms with Crippen LogP contribution < -0.4 is 5.32 Å². The smallest absolute Gasteiger partial charge is 0.246 e. The summed E-state index contributed by atoms with van der Waals surface area (Å²) in [7, 11) is 1.75. The minimum atomic E-state index is -0.652. The Labute approximate surface area is 104 Å². The van der Waals surface area contributed by atoms with Crippen LogP contribution in [0.3, 0.4) is 0 Å². The van der Waals surface area contributed by atoms with Crippen molar-refractivity contribution in [2.24, 2.45) is 5.92 Å². The van der Waals surface area contributed by atoms with Crippen molar-refractivity contribution in [3.63, 3.8) is 0 Å². The van der Waals surface area contributed by atoms with Gasteiger partial charge >= 0.3 is 0 Å². The van der Waals surface area contributed by atoms with Crippen LogP contribution in [0.15, 0.2) is 0 Å². The van der Waals surface area contributed by atoms with Crippen molar-refractivity contribution < 1.29 is 9.59 Å². The number of hydrogen-bond donors (Lipinski definition) is 1. The fourth-order valence-corrected chi connectivity index (χ4v) is 2.58. The number of likely N-dealkylation sites (N-methyl/N-ethyl adjacent to an activating group) is 1. The van der Waals surface area contributed by atoms with Gasteiger partial charge in [0.15, 0.2) is 0 Å². The first-order valence-corrected chi connectivity index (χ1v) is 6.53. The average Bonchev–Trinajstić information content (AvgIpc) is 2.34. The standard InChI is InChI=1S/C13H24N2O2/c1-6-9(4)10-11(16)15(5)13(7-2,8-3)12(17)14-10/h9-10H,6-8H2,1-5H3,(H,14,17). The van der Waals surface area contributed by atoms with Crippen molar-refractivity contribution in [2.75, 3.05) is 7.05 Å². The Morgan fingerprint density at radius 2 is 1.82 bits per heavy atom. The summed E-state index contributed by atoms with van der Waals surface area (Å²) in [6.45, 7) is 7.94. The number of nitrogens with zero attached hydrogens (tertiary/aromatic N) is 1. The molecule has 1 fully saturated rings. The van der Waals surface area contributed by atoms with Crippen LogP contribution in [-0.4, -0.2) is 35.3 Å². The normalized spacial score (nSPS) is 25.7. The maximum absolute atomic E-state index is 12.3. The van der Waals surface area contributed by atoms with Gasteiger partial charge in [0.05, 0.1) is 0 Å². The van der Waals surface area contributed by atoms with E-state index in [1.165, 1.54) is 0 Å². The van der Waals surface area contributed by atoms with Gasteiger partial charge in [0, 0.05) is 7.05 Å². The molecule has 4 nitrogen and oxygen atoms in total. The Morgan fingerprint density at radius 3 is 2.24 bits per heavy atom. The van der Waals surface area contributed by atoms with Gasteiger partial charge in [0.1, 0.15) is 11.6 Å². The predicted octanol–water partition coefficient (Wildman–Crippen LogP) is 1.55. The highest BCUT2D eigenvalue weighted by Gasteiger charge is 2.49. The zero-order valence-corrected chi connectivity index (χ0v) is 11.5. The molecular formula is C13H24N2O2. The second-order valence-electron chi connectivity index (χ2n) is 4.97. The van der Waals surface area contributed by atoms with E-state index in [4.69, 9.17) is 0 Å². The van der Waals surface area contributed by atoms with Crippen LogP contribution >= 0.6 is 0 Å². The molecule has 0 aromatic heterocycles. The van der Waals surface area contributed by atoms with E-state index >= 15 is 0 Å². The van der Waals surface area contributed by atoms with Gasteiger partial charge in [-0.1, -0.05) is 34.1 Å². The number of amides is 2. The molecule has 4 heteroatoms. The molecule has 0 aromatic carbocycles. The number of carbonyl (C=O) groups excluding carboxylic acids is 2. The molecule has 0 saturated carbocycles. The van der Waals surface area contributed by atoms with Gasteiger partial charge in [0.25, 0.3) is 0 Å². The van der Waals surface area contributed by atoms with Gasteiger partial charge in [-0.05, 0) is 18.8 Å². The number of rotatable bonds is 4. The third-order valence-electron chi connectivity index (χ3n) is 4.33. The minimum absolute atomic E-state index is 0.00472. The van der Waals surface area contributed by atoms with Crippen molar-refractivity contribution in [3.8, 4) is 0 Å². The van der Waals surface area contributed by atoms with E-state index in [0.29, 0.717) is 12.8 Å². The fourth-order valence-electron chi connectivity index (χ4n) is 2.58. The molecule has 0 aliphatic carbocycles. The molecule has 2 unspecified atom stereocenters. The van der Waals surface area contributed by atoms with E-state index in [1.54, 1.807) is 11.9 Å². The molecule has 1 saturated heterocycles. The maximum atomic E-state index is 12.3. The SMILES string of the molecule is CCC(C)C1NC(=O)C(CC)(CC)N(C)C1=O. The third kappa shape index (κ3) is 2.05. The summed E-state index contributed by atoms with van der Waals surface area (Å²) in [5, 5.41) is 2.91. The van der Waals surface area contributed by atoms with Crippen molar-refractivity contribution in [2.45, 2.75) is 58.5 Å². The highest BCUT2D eigenvalue weighted by atomic mass is 16.2. The number of carbonyl (C=O) groups is 2. The summed E-state index contributed by atoms with van der Waals surface area (Å²) < 4.78 is 0. The van der Waals surface area contributed by atoms with Crippen LogP contribution in [0.1, 0.15) is 47.0 Å². The Kier molecular flexibility index (Phi) is 4.17. The summed E-state index contributed by atoms with van der Waals surface area (Å²) >= 11 is 0. The Balaban J connectivity index is 3.03. The summed E-state index contributed by atoms with van der Waals surface area (Å²) in [6.07, 6.45) is 2.20. The molecule has 0 spiro atoms. The first-order valence-electron chi connectivity index (χ1n) is 6.53. The van der Waals surface area contributed by atoms with Crippen LogP contribution in [0, 0.1) is 5.92 Å². The highest BCUT2D eigenvalue weighted by Crippen LogP contribution is 2.29. The lowest BCUT2D eigenvalue weighted by atomic mass is 9.84. The van der Waals surface area contributed by atoms with Crippen LogP contribution in [0.2, 0.25) is 0 Å². The van der Waals surface area contributed by atoms with Crippen LogP contribution in [-0.2, 0) is 9.59 Å². The second kappa shape index (κ2) is 5.07. The summed E-state index contributed by atoms with van der Waals surface area (Å²) in [5.41, 5.74) is -0.652. The molecule has 1 heterocycles. The van der Waals surface area contributed by atoms with Crippen LogP contribution in [0.25, 0.3) is 0 Å². The van der Waals surface area contributed by atoms with Crippen molar-refractivity contribution >= 4 is 11.8 Å². The van der Waals surface area contributed by atoms with E-state index in [9.17, 15) is 9.59 Å². The first kappa shape index (κ1) is 14.0. The third-order valence-corrected chi connectivity index (χ3v) is 4.33. The topological polar surface area (TPSA) is 49.4 Å². The molecule has 1 aliphatic rings. The Hall–Kier alpha value is -1.06. The summed E-state index contributed by atoms with van der Waals surface area (Å²) in [4.78, 5) is 26.2. The second-order valence-corrected chi connectivity index (χ2v) is 4.97. The summed E-state index contributed by atoms with van der Waals surface area (Å²) in [5.74, 6) is 0.221.